The van der Waals surface area contributed by atoms with E-state index in [1.165, 1.54) is 9.80 Å². The number of benzene rings is 2. The molecule has 51 heavy (non-hydrogen) atoms. The number of carbonyl (C=O) groups is 4. The fraction of sp³-hybridized carbons (Fsp3) is 0.600. The summed E-state index contributed by atoms with van der Waals surface area (Å²) in [5.41, 5.74) is 1.72. The van der Waals surface area contributed by atoms with Crippen molar-refractivity contribution in [2.24, 2.45) is 23.7 Å². The molecule has 4 aliphatic rings. The number of ether oxygens (including phenoxy) is 5. The number of likely N-dealkylation sites (tertiary alicyclic amines) is 1. The molecule has 276 valence electrons. The van der Waals surface area contributed by atoms with Crippen molar-refractivity contribution in [1.82, 2.24) is 4.90 Å². The van der Waals surface area contributed by atoms with Crippen molar-refractivity contribution >= 4 is 29.3 Å². The van der Waals surface area contributed by atoms with Crippen LogP contribution in [0.15, 0.2) is 60.7 Å². The average molecular weight is 705 g/mol. The predicted molar refractivity (Wildman–Crippen MR) is 189 cm³/mol. The smallest absolute Gasteiger partial charge is 0.240 e. The number of hydrogen-bond donors (Lipinski definition) is 0. The molecule has 11 nitrogen and oxygen atoms in total. The number of carbonyl (C=O) groups excluding carboxylic acids is 4. The van der Waals surface area contributed by atoms with Gasteiger partial charge in [-0.05, 0) is 49.8 Å². The van der Waals surface area contributed by atoms with Gasteiger partial charge in [0.25, 0.3) is 0 Å². The first-order chi connectivity index (χ1) is 24.9. The molecule has 0 radical (unpaired) electrons. The Labute approximate surface area is 300 Å². The highest BCUT2D eigenvalue weighted by molar-refractivity contribution is 6.22. The molecule has 0 N–H and O–H groups in total. The normalized spacial score (nSPS) is 28.7. The molecule has 2 aromatic carbocycles. The Morgan fingerprint density at radius 2 is 1.10 bits per heavy atom. The third-order valence-electron chi connectivity index (χ3n) is 10.9. The van der Waals surface area contributed by atoms with Crippen molar-refractivity contribution in [1.29, 1.82) is 0 Å². The van der Waals surface area contributed by atoms with Crippen LogP contribution in [0.2, 0.25) is 0 Å². The summed E-state index contributed by atoms with van der Waals surface area (Å²) in [5, 5.41) is 0. The molecule has 4 amide bonds. The lowest BCUT2D eigenvalue weighted by molar-refractivity contribution is -0.145. The highest BCUT2D eigenvalue weighted by atomic mass is 16.5. The van der Waals surface area contributed by atoms with Gasteiger partial charge in [0.05, 0.1) is 93.4 Å². The number of fused-ring (bicyclic) bond motifs is 2. The van der Waals surface area contributed by atoms with E-state index < -0.39 is 42.0 Å². The van der Waals surface area contributed by atoms with E-state index in [1.54, 1.807) is 19.2 Å². The molecule has 6 rings (SSSR count). The van der Waals surface area contributed by atoms with E-state index >= 15 is 0 Å². The Bertz CT molecular complexity index is 1470. The van der Waals surface area contributed by atoms with E-state index in [9.17, 15) is 19.2 Å². The van der Waals surface area contributed by atoms with Gasteiger partial charge < -0.3 is 23.7 Å². The summed E-state index contributed by atoms with van der Waals surface area (Å²) >= 11 is 0. The van der Waals surface area contributed by atoms with Crippen LogP contribution in [0, 0.1) is 23.7 Å². The number of anilines is 1. The number of methoxy groups -OCH3 is 1. The lowest BCUT2D eigenvalue weighted by Gasteiger charge is -2.24. The fourth-order valence-electron chi connectivity index (χ4n) is 8.38. The van der Waals surface area contributed by atoms with Crippen molar-refractivity contribution in [2.45, 2.75) is 82.7 Å². The average Bonchev–Trinajstić information content (AvgIpc) is 3.84. The maximum atomic E-state index is 13.9. The Balaban J connectivity index is 1.14. The van der Waals surface area contributed by atoms with E-state index in [-0.39, 0.29) is 42.9 Å². The second kappa shape index (κ2) is 17.8. The molecule has 2 aromatic rings. The Kier molecular flexibility index (Phi) is 13.0. The number of imide groups is 2. The van der Waals surface area contributed by atoms with Crippen molar-refractivity contribution in [2.75, 3.05) is 51.6 Å². The molecule has 8 atom stereocenters. The van der Waals surface area contributed by atoms with E-state index in [1.807, 2.05) is 36.4 Å². The summed E-state index contributed by atoms with van der Waals surface area (Å²) in [5.74, 6) is -3.20. The molecule has 4 aliphatic heterocycles. The number of para-hydroxylation sites is 1. The molecular formula is C40H52N2O9. The Hall–Kier alpha value is -3.48. The molecular weight excluding hydrogens is 652 g/mol. The summed E-state index contributed by atoms with van der Waals surface area (Å²) in [6.07, 6.45) is 4.14. The topological polar surface area (TPSA) is 121 Å². The molecule has 4 fully saturated rings. The van der Waals surface area contributed by atoms with E-state index in [0.717, 1.165) is 31.2 Å². The minimum Gasteiger partial charge on any atom is -0.382 e. The van der Waals surface area contributed by atoms with Crippen LogP contribution in [0.4, 0.5) is 5.69 Å². The molecule has 4 heterocycles. The van der Waals surface area contributed by atoms with Gasteiger partial charge in [0, 0.05) is 7.11 Å². The van der Waals surface area contributed by atoms with Gasteiger partial charge in [0.15, 0.2) is 0 Å². The zero-order valence-electron chi connectivity index (χ0n) is 29.9. The van der Waals surface area contributed by atoms with Gasteiger partial charge >= 0.3 is 0 Å². The largest absolute Gasteiger partial charge is 0.382 e. The first kappa shape index (κ1) is 37.3. The lowest BCUT2D eigenvalue weighted by atomic mass is 9.83. The second-order valence-corrected chi connectivity index (χ2v) is 14.0. The van der Waals surface area contributed by atoms with Crippen molar-refractivity contribution in [3.05, 3.63) is 66.2 Å². The Morgan fingerprint density at radius 3 is 1.69 bits per heavy atom. The number of unbranched alkanes of at least 4 members (excludes halogenated alkanes) is 2. The fourth-order valence-corrected chi connectivity index (χ4v) is 8.38. The van der Waals surface area contributed by atoms with Crippen molar-refractivity contribution in [3.8, 4) is 0 Å². The Morgan fingerprint density at radius 1 is 0.588 bits per heavy atom. The molecule has 8 unspecified atom stereocenters. The summed E-state index contributed by atoms with van der Waals surface area (Å²) < 4.78 is 29.3. The highest BCUT2D eigenvalue weighted by Crippen LogP contribution is 2.48. The first-order valence-corrected chi connectivity index (χ1v) is 18.7. The molecule has 0 spiro atoms. The molecule has 4 saturated heterocycles. The van der Waals surface area contributed by atoms with Crippen LogP contribution in [-0.4, -0.2) is 99.6 Å². The third kappa shape index (κ3) is 8.28. The third-order valence-corrected chi connectivity index (χ3v) is 10.9. The maximum Gasteiger partial charge on any atom is 0.240 e. The summed E-state index contributed by atoms with van der Waals surface area (Å²) in [4.78, 5) is 58.2. The van der Waals surface area contributed by atoms with E-state index in [0.29, 0.717) is 57.8 Å². The quantitative estimate of drug-likeness (QED) is 0.144. The summed E-state index contributed by atoms with van der Waals surface area (Å²) in [7, 11) is 1.61. The number of aryl methyl sites for hydroxylation is 1. The van der Waals surface area contributed by atoms with Crippen molar-refractivity contribution < 1.29 is 42.9 Å². The lowest BCUT2D eigenvalue weighted by Crippen LogP contribution is -2.39. The first-order valence-electron chi connectivity index (χ1n) is 18.7. The number of hydrogen-bond acceptors (Lipinski definition) is 9. The van der Waals surface area contributed by atoms with Gasteiger partial charge in [-0.25, -0.2) is 4.90 Å². The number of nitrogens with zero attached hydrogens (tertiary/aromatic N) is 2. The van der Waals surface area contributed by atoms with Crippen LogP contribution in [0.25, 0.3) is 0 Å². The van der Waals surface area contributed by atoms with Gasteiger partial charge in [-0.15, -0.1) is 0 Å². The SMILES string of the molecule is CCCCCC1OC(CCC2OC(CCc3ccccc3)C3C(=O)N(CCOCCOCCOC)C(=O)C23)C2C(=O)N(c3ccccc3)C(=O)C12. The minimum absolute atomic E-state index is 0.168. The zero-order chi connectivity index (χ0) is 35.7. The number of rotatable bonds is 20. The monoisotopic (exact) mass is 704 g/mol. The van der Waals surface area contributed by atoms with E-state index in [2.05, 4.69) is 19.1 Å². The second-order valence-electron chi connectivity index (χ2n) is 14.0. The van der Waals surface area contributed by atoms with Gasteiger partial charge in [-0.1, -0.05) is 74.7 Å². The van der Waals surface area contributed by atoms with Crippen molar-refractivity contribution in [3.63, 3.8) is 0 Å². The predicted octanol–water partition coefficient (Wildman–Crippen LogP) is 4.60. The molecule has 0 bridgehead atoms. The summed E-state index contributed by atoms with van der Waals surface area (Å²) in [6.45, 7) is 4.25. The molecule has 11 heteroatoms. The maximum absolute atomic E-state index is 13.9. The minimum atomic E-state index is -0.616. The molecule has 0 aromatic heterocycles. The number of amides is 4. The van der Waals surface area contributed by atoms with E-state index in [4.69, 9.17) is 23.7 Å². The highest BCUT2D eigenvalue weighted by Gasteiger charge is 2.62. The van der Waals surface area contributed by atoms with Crippen LogP contribution in [-0.2, 0) is 49.3 Å². The zero-order valence-corrected chi connectivity index (χ0v) is 29.9. The summed E-state index contributed by atoms with van der Waals surface area (Å²) in [6, 6.07) is 19.1. The van der Waals surface area contributed by atoms with Gasteiger partial charge in [0.2, 0.25) is 23.6 Å². The van der Waals surface area contributed by atoms with Crippen LogP contribution in [0.5, 0.6) is 0 Å². The van der Waals surface area contributed by atoms with Crippen LogP contribution < -0.4 is 4.90 Å². The van der Waals surface area contributed by atoms with Gasteiger partial charge in [0.1, 0.15) is 0 Å². The van der Waals surface area contributed by atoms with Crippen LogP contribution >= 0.6 is 0 Å². The standard InChI is InChI=1S/C40H52N2O9/c1-3-4-7-16-29-35-36(40(46)42(39(35)45)28-14-10-6-11-15-28)32(50-29)20-19-31-34-33(30(51-31)18-17-27-12-8-5-9-13-27)37(43)41(38(34)44)21-22-48-25-26-49-24-23-47-2/h5-6,8-15,29-36H,3-4,7,16-26H2,1-2H3. The van der Waals surface area contributed by atoms with Gasteiger partial charge in [-0.2, -0.15) is 0 Å². The molecule has 0 saturated carbocycles. The van der Waals surface area contributed by atoms with Gasteiger partial charge in [-0.3, -0.25) is 24.1 Å². The molecule has 0 aliphatic carbocycles. The van der Waals surface area contributed by atoms with Crippen LogP contribution in [0.3, 0.4) is 0 Å². The van der Waals surface area contributed by atoms with Crippen LogP contribution in [0.1, 0.15) is 57.4 Å².